The molecule has 0 aromatic carbocycles. The first-order valence-corrected chi connectivity index (χ1v) is 0. The summed E-state index contributed by atoms with van der Waals surface area (Å²) in [5, 5.41) is 0. The van der Waals surface area contributed by atoms with Crippen LogP contribution in [-0.2, 0) is 86.9 Å². The fourth-order valence-electron chi connectivity index (χ4n) is 0. The van der Waals surface area contributed by atoms with Crippen LogP contribution < -0.4 is 0 Å². The fraction of sp³-hybridized carbons (Fsp3) is 0. The molecule has 10 heteroatoms. The zero-order chi connectivity index (χ0) is 0. The van der Waals surface area contributed by atoms with Gasteiger partial charge < -0.3 is 62.6 Å². The molecule has 92 valence electrons. The molecule has 0 spiro atoms. The molecule has 0 aromatic heterocycles. The van der Waals surface area contributed by atoms with E-state index in [1.165, 1.54) is 0 Å². The summed E-state index contributed by atoms with van der Waals surface area (Å²) in [6.07, 6.45) is 0. The summed E-state index contributed by atoms with van der Waals surface area (Å²) in [6, 6.07) is 0. The maximum atomic E-state index is 0. The molecule has 0 atom stereocenters. The minimum Gasteiger partial charge on any atom is -0.412 e. The van der Waals surface area contributed by atoms with Crippen LogP contribution in [0.15, 0.2) is 0 Å². The first kappa shape index (κ1) is 592. The van der Waals surface area contributed by atoms with Crippen molar-refractivity contribution < 1.29 is 120 Å². The van der Waals surface area contributed by atoms with Gasteiger partial charge in [-0.25, -0.2) is 0 Å². The standard InChI is InChI=1S/4CH3.6H2O.4Ti/h4*1H3;6*1H2;;;;/q4*-1;;;;;;;;;2*+2. The molecule has 0 bridgehead atoms. The molecule has 0 unspecified atom stereocenters. The molecule has 0 aliphatic carbocycles. The van der Waals surface area contributed by atoms with Crippen LogP contribution in [0.1, 0.15) is 0 Å². The predicted molar refractivity (Wildman–Crippen MR) is 47.3 cm³/mol. The molecule has 14 heavy (non-hydrogen) atoms. The third-order valence-corrected chi connectivity index (χ3v) is 0. The molecule has 0 fully saturated rings. The van der Waals surface area contributed by atoms with Gasteiger partial charge >= 0.3 is 43.4 Å². The number of hydrogen-bond donors (Lipinski definition) is 0. The van der Waals surface area contributed by atoms with E-state index in [0.29, 0.717) is 0 Å². The van der Waals surface area contributed by atoms with Gasteiger partial charge in [0.15, 0.2) is 0 Å². The molecule has 0 amide bonds. The monoisotopic (exact) mass is 360 g/mol. The van der Waals surface area contributed by atoms with Gasteiger partial charge in [0.2, 0.25) is 0 Å². The third-order valence-electron chi connectivity index (χ3n) is 0. The minimum absolute atomic E-state index is 0. The van der Waals surface area contributed by atoms with Gasteiger partial charge in [0.25, 0.3) is 0 Å². The van der Waals surface area contributed by atoms with Crippen molar-refractivity contribution in [3.63, 3.8) is 0 Å². The van der Waals surface area contributed by atoms with E-state index in [2.05, 4.69) is 0 Å². The van der Waals surface area contributed by atoms with Crippen LogP contribution in [0, 0.1) is 29.7 Å². The predicted octanol–water partition coefficient (Wildman–Crippen LogP) is -3.16. The quantitative estimate of drug-likeness (QED) is 0.312. The van der Waals surface area contributed by atoms with Gasteiger partial charge in [-0.05, 0) is 0 Å². The smallest absolute Gasteiger partial charge is 0.412 e. The van der Waals surface area contributed by atoms with Crippen molar-refractivity contribution in [3.8, 4) is 0 Å². The molecule has 0 heterocycles. The maximum absolute atomic E-state index is 0. The van der Waals surface area contributed by atoms with Crippen molar-refractivity contribution in [2.45, 2.75) is 0 Å². The van der Waals surface area contributed by atoms with E-state index in [9.17, 15) is 0 Å². The second-order valence-corrected chi connectivity index (χ2v) is 0. The summed E-state index contributed by atoms with van der Waals surface area (Å²) in [7, 11) is 0. The van der Waals surface area contributed by atoms with E-state index >= 15 is 0 Å². The zero-order valence-corrected chi connectivity index (χ0v) is 15.2. The topological polar surface area (TPSA) is 189 Å². The second-order valence-electron chi connectivity index (χ2n) is 0. The van der Waals surface area contributed by atoms with E-state index < -0.39 is 0 Å². The van der Waals surface area contributed by atoms with Gasteiger partial charge in [-0.15, -0.1) is 0 Å². The summed E-state index contributed by atoms with van der Waals surface area (Å²) in [6.45, 7) is 0. The Morgan fingerprint density at radius 3 is 0.286 bits per heavy atom. The minimum atomic E-state index is 0. The van der Waals surface area contributed by atoms with Crippen molar-refractivity contribution in [2.24, 2.45) is 0 Å². The van der Waals surface area contributed by atoms with E-state index in [1.807, 2.05) is 0 Å². The molecular formula is C4H24O6Ti4. The molecule has 0 aromatic rings. The summed E-state index contributed by atoms with van der Waals surface area (Å²) in [5.41, 5.74) is 0. The Kier molecular flexibility index (Phi) is 20600. The molecule has 6 nitrogen and oxygen atoms in total. The molecule has 12 N–H and O–H groups in total. The summed E-state index contributed by atoms with van der Waals surface area (Å²) >= 11 is 0. The Morgan fingerprint density at radius 2 is 0.286 bits per heavy atom. The van der Waals surface area contributed by atoms with Crippen LogP contribution in [0.4, 0.5) is 0 Å². The summed E-state index contributed by atoms with van der Waals surface area (Å²) in [4.78, 5) is 0. The van der Waals surface area contributed by atoms with E-state index in [1.54, 1.807) is 0 Å². The van der Waals surface area contributed by atoms with Gasteiger partial charge in [-0.3, -0.25) is 0 Å². The van der Waals surface area contributed by atoms with Crippen LogP contribution in [-0.4, -0.2) is 32.9 Å². The normalized spacial score (nSPS) is 0. The Balaban J connectivity index is 0. The molecule has 0 aliphatic heterocycles. The summed E-state index contributed by atoms with van der Waals surface area (Å²) < 4.78 is 0. The first-order chi connectivity index (χ1) is 0. The van der Waals surface area contributed by atoms with Crippen molar-refractivity contribution >= 4 is 0 Å². The van der Waals surface area contributed by atoms with Gasteiger partial charge in [-0.1, -0.05) is 0 Å². The van der Waals surface area contributed by atoms with Crippen LogP contribution in [0.2, 0.25) is 0 Å². The third kappa shape index (κ3) is 396. The van der Waals surface area contributed by atoms with Crippen LogP contribution in [0.5, 0.6) is 0 Å². The van der Waals surface area contributed by atoms with E-state index in [0.717, 1.165) is 0 Å². The van der Waals surface area contributed by atoms with Gasteiger partial charge in [0.1, 0.15) is 0 Å². The molecule has 0 aliphatic rings. The van der Waals surface area contributed by atoms with Crippen LogP contribution >= 0.6 is 0 Å². The zero-order valence-electron chi connectivity index (χ0n) is 9.00. The van der Waals surface area contributed by atoms with Crippen molar-refractivity contribution in [1.29, 1.82) is 0 Å². The number of hydrogen-bond acceptors (Lipinski definition) is 0. The van der Waals surface area contributed by atoms with Crippen molar-refractivity contribution in [1.82, 2.24) is 0 Å². The first-order valence-electron chi connectivity index (χ1n) is 0. The van der Waals surface area contributed by atoms with Gasteiger partial charge in [-0.2, -0.15) is 0 Å². The van der Waals surface area contributed by atoms with Crippen LogP contribution in [0.3, 0.4) is 0 Å². The Labute approximate surface area is 148 Å². The maximum Gasteiger partial charge on any atom is 2.00 e. The average molecular weight is 360 g/mol. The largest absolute Gasteiger partial charge is 2.00 e. The molecule has 0 saturated heterocycles. The Bertz CT molecular complexity index is 21.8. The molecule has 0 saturated carbocycles. The van der Waals surface area contributed by atoms with Crippen molar-refractivity contribution in [2.75, 3.05) is 0 Å². The van der Waals surface area contributed by atoms with Crippen molar-refractivity contribution in [3.05, 3.63) is 29.7 Å². The summed E-state index contributed by atoms with van der Waals surface area (Å²) in [5.74, 6) is 0. The molecular weight excluding hydrogens is 336 g/mol. The Morgan fingerprint density at radius 1 is 0.286 bits per heavy atom. The molecule has 0 radical (unpaired) electrons. The van der Waals surface area contributed by atoms with E-state index in [-0.39, 0.29) is 149 Å². The average Bonchev–Trinajstić information content (AvgIpc) is 0. The fourth-order valence-corrected chi connectivity index (χ4v) is 0. The Hall–Kier alpha value is 2.62. The van der Waals surface area contributed by atoms with E-state index in [4.69, 9.17) is 0 Å². The second kappa shape index (κ2) is 487. The molecule has 0 rings (SSSR count). The van der Waals surface area contributed by atoms with Gasteiger partial charge in [0.05, 0.1) is 0 Å². The van der Waals surface area contributed by atoms with Gasteiger partial charge in [0, 0.05) is 43.4 Å². The SMILES string of the molecule is O.O.O.O.O.O.[CH3-].[CH3-].[CH3-].[CH3-].[Ti+2].[Ti+2].[Ti].[Ti]. The number of rotatable bonds is 0. The van der Waals surface area contributed by atoms with Crippen LogP contribution in [0.25, 0.3) is 0 Å².